The van der Waals surface area contributed by atoms with E-state index in [-0.39, 0.29) is 0 Å². The summed E-state index contributed by atoms with van der Waals surface area (Å²) < 4.78 is 0. The predicted molar refractivity (Wildman–Crippen MR) is 56.2 cm³/mol. The summed E-state index contributed by atoms with van der Waals surface area (Å²) in [6.45, 7) is 8.65. The fourth-order valence-corrected chi connectivity index (χ4v) is 1.50. The third kappa shape index (κ3) is 2.62. The van der Waals surface area contributed by atoms with E-state index in [1.54, 1.807) is 0 Å². The van der Waals surface area contributed by atoms with Gasteiger partial charge in [-0.2, -0.15) is 0 Å². The Morgan fingerprint density at radius 3 is 2.23 bits per heavy atom. The summed E-state index contributed by atoms with van der Waals surface area (Å²) in [7, 11) is 2.16. The third-order valence-electron chi connectivity index (χ3n) is 2.81. The summed E-state index contributed by atoms with van der Waals surface area (Å²) in [5, 5.41) is 0. The van der Waals surface area contributed by atoms with E-state index in [0.717, 1.165) is 38.4 Å². The summed E-state index contributed by atoms with van der Waals surface area (Å²) in [6, 6.07) is 0. The molecule has 0 unspecified atom stereocenters. The topological polar surface area (TPSA) is 32.5 Å². The second kappa shape index (κ2) is 4.51. The molecule has 1 fully saturated rings. The number of hydrogen-bond donors (Lipinski definition) is 1. The second-order valence-corrected chi connectivity index (χ2v) is 3.81. The van der Waals surface area contributed by atoms with Crippen molar-refractivity contribution < 1.29 is 0 Å². The standard InChI is InChI=1S/C10H21N3/c1-4-9(2)10(11)13-7-5-12(3)6-8-13/h4-8,11H2,1-3H3/b10-9-. The zero-order chi connectivity index (χ0) is 9.84. The minimum atomic E-state index is 0.996. The van der Waals surface area contributed by atoms with E-state index in [0.29, 0.717) is 0 Å². The first-order chi connectivity index (χ1) is 6.15. The van der Waals surface area contributed by atoms with Gasteiger partial charge in [0.25, 0.3) is 0 Å². The average Bonchev–Trinajstić information content (AvgIpc) is 2.17. The molecule has 3 nitrogen and oxygen atoms in total. The smallest absolute Gasteiger partial charge is 0.0976 e. The van der Waals surface area contributed by atoms with Crippen LogP contribution in [0.2, 0.25) is 0 Å². The SMILES string of the molecule is CC/C(C)=C(/N)N1CCN(C)CC1. The van der Waals surface area contributed by atoms with Crippen LogP contribution in [0.3, 0.4) is 0 Å². The molecule has 0 aliphatic carbocycles. The summed E-state index contributed by atoms with van der Waals surface area (Å²) in [4.78, 5) is 4.63. The van der Waals surface area contributed by atoms with E-state index in [2.05, 4.69) is 30.7 Å². The molecule has 0 radical (unpaired) electrons. The first kappa shape index (κ1) is 10.4. The Bertz CT molecular complexity index is 190. The number of nitrogens with zero attached hydrogens (tertiary/aromatic N) is 2. The van der Waals surface area contributed by atoms with Gasteiger partial charge in [0.2, 0.25) is 0 Å². The van der Waals surface area contributed by atoms with E-state index in [4.69, 9.17) is 5.73 Å². The average molecular weight is 183 g/mol. The third-order valence-corrected chi connectivity index (χ3v) is 2.81. The number of rotatable bonds is 2. The van der Waals surface area contributed by atoms with E-state index in [1.807, 2.05) is 0 Å². The molecule has 0 atom stereocenters. The summed E-state index contributed by atoms with van der Waals surface area (Å²) >= 11 is 0. The van der Waals surface area contributed by atoms with Crippen molar-refractivity contribution in [3.63, 3.8) is 0 Å². The summed E-state index contributed by atoms with van der Waals surface area (Å²) in [6.07, 6.45) is 1.05. The van der Waals surface area contributed by atoms with Crippen LogP contribution >= 0.6 is 0 Å². The van der Waals surface area contributed by atoms with Crippen LogP contribution in [0, 0.1) is 0 Å². The van der Waals surface area contributed by atoms with Crippen molar-refractivity contribution in [3.05, 3.63) is 11.4 Å². The van der Waals surface area contributed by atoms with Gasteiger partial charge < -0.3 is 15.5 Å². The Hall–Kier alpha value is -0.700. The van der Waals surface area contributed by atoms with Crippen molar-refractivity contribution in [2.75, 3.05) is 33.2 Å². The first-order valence-electron chi connectivity index (χ1n) is 5.04. The molecule has 0 aromatic rings. The van der Waals surface area contributed by atoms with Crippen molar-refractivity contribution >= 4 is 0 Å². The molecule has 1 saturated heterocycles. The van der Waals surface area contributed by atoms with Gasteiger partial charge in [-0.15, -0.1) is 0 Å². The highest BCUT2D eigenvalue weighted by Crippen LogP contribution is 2.10. The molecule has 1 rings (SSSR count). The lowest BCUT2D eigenvalue weighted by Gasteiger charge is -2.34. The lowest BCUT2D eigenvalue weighted by atomic mass is 10.2. The Morgan fingerprint density at radius 1 is 1.23 bits per heavy atom. The summed E-state index contributed by atoms with van der Waals surface area (Å²) in [5.41, 5.74) is 7.34. The lowest BCUT2D eigenvalue weighted by molar-refractivity contribution is 0.183. The number of likely N-dealkylation sites (N-methyl/N-ethyl adjacent to an activating group) is 1. The van der Waals surface area contributed by atoms with Gasteiger partial charge >= 0.3 is 0 Å². The zero-order valence-corrected chi connectivity index (χ0v) is 9.01. The Morgan fingerprint density at radius 2 is 1.77 bits per heavy atom. The van der Waals surface area contributed by atoms with Crippen LogP contribution < -0.4 is 5.73 Å². The van der Waals surface area contributed by atoms with Gasteiger partial charge in [-0.05, 0) is 26.0 Å². The van der Waals surface area contributed by atoms with E-state index in [9.17, 15) is 0 Å². The van der Waals surface area contributed by atoms with Crippen molar-refractivity contribution in [2.24, 2.45) is 5.73 Å². The van der Waals surface area contributed by atoms with Gasteiger partial charge in [-0.25, -0.2) is 0 Å². The van der Waals surface area contributed by atoms with Gasteiger partial charge in [0, 0.05) is 26.2 Å². The summed E-state index contributed by atoms with van der Waals surface area (Å²) in [5.74, 6) is 0.996. The molecule has 1 aliphatic rings. The maximum atomic E-state index is 6.03. The van der Waals surface area contributed by atoms with Gasteiger partial charge in [-0.1, -0.05) is 6.92 Å². The first-order valence-corrected chi connectivity index (χ1v) is 5.04. The van der Waals surface area contributed by atoms with Crippen molar-refractivity contribution in [1.82, 2.24) is 9.80 Å². The molecule has 0 bridgehead atoms. The van der Waals surface area contributed by atoms with E-state index < -0.39 is 0 Å². The van der Waals surface area contributed by atoms with Gasteiger partial charge in [-0.3, -0.25) is 0 Å². The molecule has 0 saturated carbocycles. The minimum absolute atomic E-state index is 0.996. The quantitative estimate of drug-likeness (QED) is 0.688. The van der Waals surface area contributed by atoms with Gasteiger partial charge in [0.05, 0.1) is 5.82 Å². The molecule has 2 N–H and O–H groups in total. The van der Waals surface area contributed by atoms with Gasteiger partial charge in [0.1, 0.15) is 0 Å². The fraction of sp³-hybridized carbons (Fsp3) is 0.800. The molecule has 0 amide bonds. The highest BCUT2D eigenvalue weighted by atomic mass is 15.3. The maximum Gasteiger partial charge on any atom is 0.0976 e. The maximum absolute atomic E-state index is 6.03. The largest absolute Gasteiger partial charge is 0.385 e. The van der Waals surface area contributed by atoms with E-state index >= 15 is 0 Å². The Balaban J connectivity index is 2.53. The van der Waals surface area contributed by atoms with Crippen molar-refractivity contribution in [1.29, 1.82) is 0 Å². The highest BCUT2D eigenvalue weighted by Gasteiger charge is 2.15. The van der Waals surface area contributed by atoms with Crippen LogP contribution in [0.15, 0.2) is 11.4 Å². The molecule has 1 heterocycles. The molecule has 0 aromatic heterocycles. The van der Waals surface area contributed by atoms with Crippen LogP contribution in [-0.4, -0.2) is 43.0 Å². The van der Waals surface area contributed by atoms with Crippen LogP contribution in [-0.2, 0) is 0 Å². The van der Waals surface area contributed by atoms with Crippen LogP contribution in [0.5, 0.6) is 0 Å². The number of piperazine rings is 1. The van der Waals surface area contributed by atoms with E-state index in [1.165, 1.54) is 5.57 Å². The fourth-order valence-electron chi connectivity index (χ4n) is 1.50. The molecule has 0 aromatic carbocycles. The van der Waals surface area contributed by atoms with Crippen LogP contribution in [0.25, 0.3) is 0 Å². The molecule has 0 spiro atoms. The second-order valence-electron chi connectivity index (χ2n) is 3.81. The number of allylic oxidation sites excluding steroid dienone is 1. The Kier molecular flexibility index (Phi) is 3.60. The lowest BCUT2D eigenvalue weighted by Crippen LogP contribution is -2.45. The monoisotopic (exact) mass is 183 g/mol. The van der Waals surface area contributed by atoms with Gasteiger partial charge in [0.15, 0.2) is 0 Å². The van der Waals surface area contributed by atoms with Crippen molar-refractivity contribution in [2.45, 2.75) is 20.3 Å². The molecule has 3 heteroatoms. The highest BCUT2D eigenvalue weighted by molar-refractivity contribution is 5.07. The number of nitrogens with two attached hydrogens (primary N) is 1. The van der Waals surface area contributed by atoms with Crippen LogP contribution in [0.1, 0.15) is 20.3 Å². The molecule has 13 heavy (non-hydrogen) atoms. The molecule has 1 aliphatic heterocycles. The molecular weight excluding hydrogens is 162 g/mol. The normalized spacial score (nSPS) is 21.6. The number of hydrogen-bond acceptors (Lipinski definition) is 3. The predicted octanol–water partition coefficient (Wildman–Crippen LogP) is 0.834. The Labute approximate surface area is 81.2 Å². The molecule has 76 valence electrons. The molecular formula is C10H21N3. The minimum Gasteiger partial charge on any atom is -0.385 e. The van der Waals surface area contributed by atoms with Crippen LogP contribution in [0.4, 0.5) is 0 Å². The zero-order valence-electron chi connectivity index (χ0n) is 9.01. The van der Waals surface area contributed by atoms with Crippen molar-refractivity contribution in [3.8, 4) is 0 Å².